The zero-order chi connectivity index (χ0) is 31.0. The molecule has 3 saturated heterocycles. The summed E-state index contributed by atoms with van der Waals surface area (Å²) in [6.07, 6.45) is -19.8. The predicted octanol–water partition coefficient (Wildman–Crippen LogP) is -8.90. The van der Waals surface area contributed by atoms with Crippen LogP contribution in [0.1, 0.15) is 6.42 Å². The molecule has 0 amide bonds. The second kappa shape index (κ2) is 14.1. The van der Waals surface area contributed by atoms with Crippen LogP contribution in [0.4, 0.5) is 0 Å². The monoisotopic (exact) mass is 614 g/mol. The van der Waals surface area contributed by atoms with Crippen LogP contribution in [0, 0.1) is 0 Å². The fourth-order valence-electron chi connectivity index (χ4n) is 5.74. The van der Waals surface area contributed by atoms with E-state index in [1.54, 1.807) is 0 Å². The van der Waals surface area contributed by atoms with Crippen LogP contribution in [0.25, 0.3) is 0 Å². The van der Waals surface area contributed by atoms with Crippen molar-refractivity contribution in [3.63, 3.8) is 0 Å². The van der Waals surface area contributed by atoms with Gasteiger partial charge < -0.3 is 98.6 Å². The maximum Gasteiger partial charge on any atom is 0.187 e. The van der Waals surface area contributed by atoms with Gasteiger partial charge in [-0.05, 0) is 6.42 Å². The number of rotatable bonds is 9. The fourth-order valence-corrected chi connectivity index (χ4v) is 5.74. The Morgan fingerprint density at radius 3 is 1.45 bits per heavy atom. The van der Waals surface area contributed by atoms with Crippen LogP contribution in [-0.4, -0.2) is 172 Å². The maximum absolute atomic E-state index is 11.1. The van der Waals surface area contributed by atoms with Crippen molar-refractivity contribution in [1.29, 1.82) is 0 Å². The smallest absolute Gasteiger partial charge is 0.187 e. The average Bonchev–Trinajstić information content (AvgIpc) is 3.27. The molecule has 0 aromatic rings. The van der Waals surface area contributed by atoms with Gasteiger partial charge in [0, 0.05) is 25.2 Å². The molecule has 0 radical (unpaired) electrons. The first-order valence-corrected chi connectivity index (χ1v) is 13.9. The van der Waals surface area contributed by atoms with Crippen LogP contribution < -0.4 is 34.4 Å². The van der Waals surface area contributed by atoms with E-state index in [0.29, 0.717) is 0 Å². The molecule has 19 N–H and O–H groups in total. The van der Waals surface area contributed by atoms with E-state index in [1.165, 1.54) is 0 Å². The summed E-state index contributed by atoms with van der Waals surface area (Å²) in [4.78, 5) is 0. The Hall–Kier alpha value is -0.760. The highest BCUT2D eigenvalue weighted by atomic mass is 16.8. The topological polar surface area (TPSA) is 353 Å². The zero-order valence-electron chi connectivity index (χ0n) is 22.8. The molecule has 1 aliphatic carbocycles. The molecule has 0 aromatic carbocycles. The van der Waals surface area contributed by atoms with Crippen LogP contribution in [0.15, 0.2) is 0 Å². The first-order valence-electron chi connectivity index (χ1n) is 13.9. The molecule has 4 aliphatic rings. The highest BCUT2D eigenvalue weighted by Crippen LogP contribution is 2.34. The zero-order valence-corrected chi connectivity index (χ0v) is 22.8. The van der Waals surface area contributed by atoms with Gasteiger partial charge in [-0.3, -0.25) is 0 Å². The lowest BCUT2D eigenvalue weighted by molar-refractivity contribution is -0.306. The summed E-state index contributed by atoms with van der Waals surface area (Å²) in [7, 11) is 0. The quantitative estimate of drug-likeness (QED) is 0.115. The number of aliphatic hydroxyl groups excluding tert-OH is 7. The van der Waals surface area contributed by atoms with E-state index in [-0.39, 0.29) is 19.5 Å². The Morgan fingerprint density at radius 2 is 0.976 bits per heavy atom. The van der Waals surface area contributed by atoms with Gasteiger partial charge in [0.05, 0.1) is 24.8 Å². The third kappa shape index (κ3) is 6.60. The number of hydrogen-bond acceptors (Lipinski definition) is 19. The van der Waals surface area contributed by atoms with E-state index in [1.807, 2.05) is 0 Å². The molecule has 3 heterocycles. The molecule has 5 unspecified atom stereocenters. The van der Waals surface area contributed by atoms with Crippen LogP contribution in [-0.2, 0) is 28.4 Å². The highest BCUT2D eigenvalue weighted by Gasteiger charge is 2.54. The second-order valence-corrected chi connectivity index (χ2v) is 11.2. The van der Waals surface area contributed by atoms with Crippen molar-refractivity contribution in [3.8, 4) is 0 Å². The van der Waals surface area contributed by atoms with Gasteiger partial charge in [-0.1, -0.05) is 0 Å². The Labute approximate surface area is 241 Å². The first kappa shape index (κ1) is 34.1. The normalized spacial score (nSPS) is 53.8. The number of hydrogen-bond donors (Lipinski definition) is 13. The molecule has 19 atom stereocenters. The minimum atomic E-state index is -1.60. The maximum atomic E-state index is 11.1. The van der Waals surface area contributed by atoms with Gasteiger partial charge >= 0.3 is 0 Å². The first-order chi connectivity index (χ1) is 19.8. The summed E-state index contributed by atoms with van der Waals surface area (Å²) < 4.78 is 34.6. The van der Waals surface area contributed by atoms with Crippen molar-refractivity contribution in [2.45, 2.75) is 123 Å². The molecule has 0 aromatic heterocycles. The van der Waals surface area contributed by atoms with E-state index in [9.17, 15) is 35.7 Å². The van der Waals surface area contributed by atoms with Crippen molar-refractivity contribution in [2.75, 3.05) is 19.7 Å². The third-order valence-electron chi connectivity index (χ3n) is 8.37. The molecule has 4 fully saturated rings. The molecular formula is C23H46N6O13. The van der Waals surface area contributed by atoms with Crippen molar-refractivity contribution in [1.82, 2.24) is 0 Å². The lowest BCUT2D eigenvalue weighted by atomic mass is 9.84. The number of ether oxygens (including phenoxy) is 6. The molecule has 42 heavy (non-hydrogen) atoms. The minimum absolute atomic E-state index is 0.0889. The van der Waals surface area contributed by atoms with Gasteiger partial charge in [-0.15, -0.1) is 0 Å². The van der Waals surface area contributed by atoms with Crippen molar-refractivity contribution in [3.05, 3.63) is 0 Å². The molecular weight excluding hydrogens is 568 g/mol. The van der Waals surface area contributed by atoms with Gasteiger partial charge in [0.25, 0.3) is 0 Å². The molecule has 3 aliphatic heterocycles. The van der Waals surface area contributed by atoms with Gasteiger partial charge in [0.2, 0.25) is 0 Å². The summed E-state index contributed by atoms with van der Waals surface area (Å²) in [6.45, 7) is -0.967. The molecule has 19 nitrogen and oxygen atoms in total. The number of nitrogens with two attached hydrogens (primary N) is 6. The molecule has 246 valence electrons. The minimum Gasteiger partial charge on any atom is -0.394 e. The van der Waals surface area contributed by atoms with Gasteiger partial charge in [0.1, 0.15) is 67.1 Å². The standard InChI is InChI=1S/C23H46N6O13/c24-2-7-13(32)15(34)10(28)21(37-7)40-18-6(27)1-5(26)12(31)20(18)42-23-17(36)19(9(4-30)39-23)41-22-11(29)16(35)14(33)8(3-25)38-22/h5-23,30-36H,1-4,24-29H2/t5?,6-,7+,8-,9+,10+,11+,12-,13?,14?,15+,16+,17+,18-,19+,20?,21?,22-,23-/m0/s1. The Balaban J connectivity index is 1.50. The largest absolute Gasteiger partial charge is 0.394 e. The summed E-state index contributed by atoms with van der Waals surface area (Å²) in [5.41, 5.74) is 35.6. The fraction of sp³-hybridized carbons (Fsp3) is 1.00. The van der Waals surface area contributed by atoms with E-state index in [0.717, 1.165) is 0 Å². The predicted molar refractivity (Wildman–Crippen MR) is 138 cm³/mol. The average molecular weight is 615 g/mol. The lowest BCUT2D eigenvalue weighted by Gasteiger charge is -2.47. The second-order valence-electron chi connectivity index (χ2n) is 11.2. The molecule has 1 saturated carbocycles. The van der Waals surface area contributed by atoms with Crippen molar-refractivity contribution >= 4 is 0 Å². The van der Waals surface area contributed by atoms with Crippen molar-refractivity contribution < 1.29 is 64.2 Å². The lowest BCUT2D eigenvalue weighted by Crippen LogP contribution is -2.68. The van der Waals surface area contributed by atoms with E-state index in [2.05, 4.69) is 0 Å². The summed E-state index contributed by atoms with van der Waals surface area (Å²) >= 11 is 0. The van der Waals surface area contributed by atoms with E-state index in [4.69, 9.17) is 62.8 Å². The van der Waals surface area contributed by atoms with E-state index >= 15 is 0 Å². The highest BCUT2D eigenvalue weighted by molar-refractivity contribution is 5.02. The SMILES string of the molecule is NC[C@@H]1O[C@@H](O[C@H]2[C@@H](O)[C@H](OC3[C@@H](O)C(N)C[C@H](N)[C@@H]3OC3O[C@H](CN)C(O)[C@H](O)[C@H]3N)O[C@@H]2CO)[C@H](N)[C@@H](O)C1O. The van der Waals surface area contributed by atoms with Gasteiger partial charge in [-0.2, -0.15) is 0 Å². The molecule has 0 bridgehead atoms. The Bertz CT molecular complexity index is 868. The van der Waals surface area contributed by atoms with Crippen molar-refractivity contribution in [2.24, 2.45) is 34.4 Å². The Kier molecular flexibility index (Phi) is 11.5. The summed E-state index contributed by atoms with van der Waals surface area (Å²) in [5.74, 6) is 0. The number of aliphatic hydroxyl groups is 7. The van der Waals surface area contributed by atoms with Crippen LogP contribution in [0.5, 0.6) is 0 Å². The molecule has 4 rings (SSSR count). The van der Waals surface area contributed by atoms with Gasteiger partial charge in [-0.25, -0.2) is 0 Å². The molecule has 0 spiro atoms. The van der Waals surface area contributed by atoms with Gasteiger partial charge in [0.15, 0.2) is 18.9 Å². The third-order valence-corrected chi connectivity index (χ3v) is 8.37. The van der Waals surface area contributed by atoms with Crippen LogP contribution in [0.2, 0.25) is 0 Å². The van der Waals surface area contributed by atoms with E-state index < -0.39 is 123 Å². The molecule has 19 heteroatoms. The van der Waals surface area contributed by atoms with Crippen LogP contribution in [0.3, 0.4) is 0 Å². The summed E-state index contributed by atoms with van der Waals surface area (Å²) in [5, 5.41) is 73.0. The Morgan fingerprint density at radius 1 is 0.524 bits per heavy atom. The van der Waals surface area contributed by atoms with Crippen LogP contribution >= 0.6 is 0 Å². The summed E-state index contributed by atoms with van der Waals surface area (Å²) in [6, 6.07) is -4.18.